The molecule has 1 fully saturated rings. The summed E-state index contributed by atoms with van der Waals surface area (Å²) in [7, 11) is 1.67. The number of primary amides is 1. The number of piperazine rings is 1. The van der Waals surface area contributed by atoms with Crippen molar-refractivity contribution in [1.29, 1.82) is 0 Å². The van der Waals surface area contributed by atoms with E-state index in [0.29, 0.717) is 10.6 Å². The molecule has 1 aliphatic heterocycles. The van der Waals surface area contributed by atoms with Crippen molar-refractivity contribution >= 4 is 28.1 Å². The van der Waals surface area contributed by atoms with E-state index in [9.17, 15) is 4.79 Å². The average molecular weight is 395 g/mol. The Hall–Kier alpha value is -3.06. The number of rotatable bonds is 5. The van der Waals surface area contributed by atoms with Gasteiger partial charge in [0.25, 0.3) is 5.91 Å². The van der Waals surface area contributed by atoms with Crippen molar-refractivity contribution in [3.63, 3.8) is 0 Å². The van der Waals surface area contributed by atoms with Crippen LogP contribution in [0.3, 0.4) is 0 Å². The Labute approximate surface area is 168 Å². The fourth-order valence-electron chi connectivity index (χ4n) is 3.35. The number of hydrogen-bond acceptors (Lipinski definition) is 6. The molecule has 3 aromatic rings. The largest absolute Gasteiger partial charge is 0.497 e. The number of benzene rings is 2. The van der Waals surface area contributed by atoms with Crippen LogP contribution in [0.1, 0.15) is 9.67 Å². The SMILES string of the molecule is COc1ccc(N2CCN(c3nc(-c4ccccc4)c(C(N)=O)s3)CC2)cc1. The molecule has 1 amide bonds. The van der Waals surface area contributed by atoms with Crippen molar-refractivity contribution in [3.05, 3.63) is 59.5 Å². The molecule has 0 radical (unpaired) electrons. The average Bonchev–Trinajstić information content (AvgIpc) is 3.20. The molecule has 2 N–H and O–H groups in total. The van der Waals surface area contributed by atoms with Gasteiger partial charge in [-0.05, 0) is 24.3 Å². The summed E-state index contributed by atoms with van der Waals surface area (Å²) < 4.78 is 5.23. The van der Waals surface area contributed by atoms with Crippen LogP contribution in [0.4, 0.5) is 10.8 Å². The van der Waals surface area contributed by atoms with Gasteiger partial charge in [-0.25, -0.2) is 4.98 Å². The summed E-state index contributed by atoms with van der Waals surface area (Å²) in [6.07, 6.45) is 0. The first-order chi connectivity index (χ1) is 13.7. The molecule has 0 unspecified atom stereocenters. The van der Waals surface area contributed by atoms with Crippen molar-refractivity contribution in [3.8, 4) is 17.0 Å². The maximum Gasteiger partial charge on any atom is 0.261 e. The van der Waals surface area contributed by atoms with E-state index in [1.54, 1.807) is 7.11 Å². The molecule has 1 aliphatic rings. The van der Waals surface area contributed by atoms with Crippen LogP contribution in [0.15, 0.2) is 54.6 Å². The molecule has 2 heterocycles. The van der Waals surface area contributed by atoms with Gasteiger partial charge in [0, 0.05) is 37.4 Å². The van der Waals surface area contributed by atoms with Crippen molar-refractivity contribution < 1.29 is 9.53 Å². The molecule has 0 spiro atoms. The summed E-state index contributed by atoms with van der Waals surface area (Å²) in [6.45, 7) is 3.45. The number of nitrogens with two attached hydrogens (primary N) is 1. The van der Waals surface area contributed by atoms with Gasteiger partial charge in [0.15, 0.2) is 5.13 Å². The highest BCUT2D eigenvalue weighted by Crippen LogP contribution is 2.33. The highest BCUT2D eigenvalue weighted by molar-refractivity contribution is 7.18. The first kappa shape index (κ1) is 18.3. The Morgan fingerprint density at radius 1 is 1.00 bits per heavy atom. The van der Waals surface area contributed by atoms with Gasteiger partial charge in [-0.15, -0.1) is 0 Å². The Balaban J connectivity index is 1.51. The minimum Gasteiger partial charge on any atom is -0.497 e. The number of aromatic nitrogens is 1. The molecule has 0 aliphatic carbocycles. The van der Waals surface area contributed by atoms with Gasteiger partial charge < -0.3 is 20.3 Å². The first-order valence-electron chi connectivity index (χ1n) is 9.15. The van der Waals surface area contributed by atoms with Gasteiger partial charge in [-0.3, -0.25) is 4.79 Å². The number of anilines is 2. The third-order valence-electron chi connectivity index (χ3n) is 4.87. The van der Waals surface area contributed by atoms with E-state index < -0.39 is 5.91 Å². The summed E-state index contributed by atoms with van der Waals surface area (Å²) in [6, 6.07) is 17.8. The van der Waals surface area contributed by atoms with E-state index in [1.165, 1.54) is 17.0 Å². The van der Waals surface area contributed by atoms with Gasteiger partial charge in [0.05, 0.1) is 12.8 Å². The number of amides is 1. The lowest BCUT2D eigenvalue weighted by molar-refractivity contribution is 0.100. The van der Waals surface area contributed by atoms with Crippen molar-refractivity contribution in [2.45, 2.75) is 0 Å². The Bertz CT molecular complexity index is 948. The monoisotopic (exact) mass is 394 g/mol. The minimum absolute atomic E-state index is 0.431. The number of methoxy groups -OCH3 is 1. The molecular weight excluding hydrogens is 372 g/mol. The van der Waals surface area contributed by atoms with E-state index >= 15 is 0 Å². The van der Waals surface area contributed by atoms with Gasteiger partial charge in [0.1, 0.15) is 10.6 Å². The molecular formula is C21H22N4O2S. The number of nitrogens with zero attached hydrogens (tertiary/aromatic N) is 3. The smallest absolute Gasteiger partial charge is 0.261 e. The van der Waals surface area contributed by atoms with E-state index in [1.807, 2.05) is 42.5 Å². The fourth-order valence-corrected chi connectivity index (χ4v) is 4.34. The van der Waals surface area contributed by atoms with Crippen LogP contribution < -0.4 is 20.3 Å². The predicted octanol–water partition coefficient (Wildman–Crippen LogP) is 3.24. The fraction of sp³-hybridized carbons (Fsp3) is 0.238. The summed E-state index contributed by atoms with van der Waals surface area (Å²) in [5.74, 6) is 0.428. The number of hydrogen-bond donors (Lipinski definition) is 1. The maximum atomic E-state index is 11.9. The van der Waals surface area contributed by atoms with Crippen molar-refractivity contribution in [2.24, 2.45) is 5.73 Å². The summed E-state index contributed by atoms with van der Waals surface area (Å²) >= 11 is 1.38. The van der Waals surface area contributed by atoms with Crippen molar-refractivity contribution in [1.82, 2.24) is 4.98 Å². The standard InChI is InChI=1S/C21H22N4O2S/c1-27-17-9-7-16(8-10-17)24-11-13-25(14-12-24)21-23-18(19(28-21)20(22)26)15-5-3-2-4-6-15/h2-10H,11-14H2,1H3,(H2,22,26). The Morgan fingerprint density at radius 2 is 1.64 bits per heavy atom. The molecule has 4 rings (SSSR count). The zero-order valence-corrected chi connectivity index (χ0v) is 16.5. The number of carbonyl (C=O) groups is 1. The predicted molar refractivity (Wildman–Crippen MR) is 113 cm³/mol. The highest BCUT2D eigenvalue weighted by atomic mass is 32.1. The molecule has 0 bridgehead atoms. The van der Waals surface area contributed by atoms with E-state index in [4.69, 9.17) is 15.5 Å². The second kappa shape index (κ2) is 7.90. The highest BCUT2D eigenvalue weighted by Gasteiger charge is 2.24. The third kappa shape index (κ3) is 3.66. The number of carbonyl (C=O) groups excluding carboxylic acids is 1. The zero-order chi connectivity index (χ0) is 19.5. The minimum atomic E-state index is -0.431. The summed E-state index contributed by atoms with van der Waals surface area (Å²) in [5, 5.41) is 0.849. The van der Waals surface area contributed by atoms with Crippen LogP contribution in [0.2, 0.25) is 0 Å². The van der Waals surface area contributed by atoms with Crippen LogP contribution in [0.5, 0.6) is 5.75 Å². The number of thiazole rings is 1. The van der Waals surface area contributed by atoms with Crippen LogP contribution in [0, 0.1) is 0 Å². The normalized spacial score (nSPS) is 14.2. The molecule has 1 saturated heterocycles. The van der Waals surface area contributed by atoms with Crippen molar-refractivity contribution in [2.75, 3.05) is 43.1 Å². The molecule has 2 aromatic carbocycles. The Morgan fingerprint density at radius 3 is 2.25 bits per heavy atom. The first-order valence-corrected chi connectivity index (χ1v) is 9.97. The lowest BCUT2D eigenvalue weighted by Gasteiger charge is -2.36. The van der Waals surface area contributed by atoms with E-state index in [-0.39, 0.29) is 0 Å². The second-order valence-corrected chi connectivity index (χ2v) is 7.55. The maximum absolute atomic E-state index is 11.9. The van der Waals surface area contributed by atoms with Gasteiger partial charge in [0.2, 0.25) is 0 Å². The van der Waals surface area contributed by atoms with Crippen LogP contribution in [-0.4, -0.2) is 44.2 Å². The number of ether oxygens (including phenoxy) is 1. The molecule has 6 nitrogen and oxygen atoms in total. The topological polar surface area (TPSA) is 71.7 Å². The van der Waals surface area contributed by atoms with Crippen LogP contribution in [0.25, 0.3) is 11.3 Å². The van der Waals surface area contributed by atoms with Gasteiger partial charge >= 0.3 is 0 Å². The molecule has 28 heavy (non-hydrogen) atoms. The molecule has 0 atom stereocenters. The quantitative estimate of drug-likeness (QED) is 0.719. The van der Waals surface area contributed by atoms with Crippen LogP contribution in [-0.2, 0) is 0 Å². The summed E-state index contributed by atoms with van der Waals surface area (Å²) in [5.41, 5.74) is 8.38. The van der Waals surface area contributed by atoms with Crippen LogP contribution >= 0.6 is 11.3 Å². The molecule has 0 saturated carbocycles. The summed E-state index contributed by atoms with van der Waals surface area (Å²) in [4.78, 5) is 21.8. The van der Waals surface area contributed by atoms with E-state index in [0.717, 1.165) is 42.6 Å². The Kier molecular flexibility index (Phi) is 5.16. The lowest BCUT2D eigenvalue weighted by atomic mass is 10.1. The van der Waals surface area contributed by atoms with Gasteiger partial charge in [-0.2, -0.15) is 0 Å². The molecule has 144 valence electrons. The lowest BCUT2D eigenvalue weighted by Crippen LogP contribution is -2.46. The van der Waals surface area contributed by atoms with E-state index in [2.05, 4.69) is 21.9 Å². The second-order valence-electron chi connectivity index (χ2n) is 6.58. The molecule has 1 aromatic heterocycles. The third-order valence-corrected chi connectivity index (χ3v) is 6.01. The molecule has 7 heteroatoms. The van der Waals surface area contributed by atoms with Gasteiger partial charge in [-0.1, -0.05) is 41.7 Å². The zero-order valence-electron chi connectivity index (χ0n) is 15.7.